The van der Waals surface area contributed by atoms with E-state index in [9.17, 15) is 13.2 Å². The number of rotatable bonds is 6. The molecular weight excluding hydrogens is 402 g/mol. The number of carbonyl (C=O) groups is 1. The minimum atomic E-state index is -3.63. The van der Waals surface area contributed by atoms with Gasteiger partial charge in [-0.15, -0.1) is 22.7 Å². The summed E-state index contributed by atoms with van der Waals surface area (Å²) in [5.41, 5.74) is 1.81. The molecule has 1 amide bonds. The van der Waals surface area contributed by atoms with Crippen molar-refractivity contribution in [1.29, 1.82) is 0 Å². The lowest BCUT2D eigenvalue weighted by Crippen LogP contribution is -2.24. The number of benzene rings is 1. The Hall–Kier alpha value is -2.07. The minimum absolute atomic E-state index is 0.0639. The van der Waals surface area contributed by atoms with Crippen LogP contribution >= 0.6 is 22.7 Å². The van der Waals surface area contributed by atoms with E-state index in [1.54, 1.807) is 31.3 Å². The molecule has 1 aromatic carbocycles. The summed E-state index contributed by atoms with van der Waals surface area (Å²) in [6.07, 6.45) is 0. The average Bonchev–Trinajstić information content (AvgIpc) is 3.23. The van der Waals surface area contributed by atoms with E-state index in [1.165, 1.54) is 28.3 Å². The van der Waals surface area contributed by atoms with E-state index in [1.807, 2.05) is 24.4 Å². The van der Waals surface area contributed by atoms with Crippen LogP contribution in [0.25, 0.3) is 10.6 Å². The quantitative estimate of drug-likeness (QED) is 0.629. The van der Waals surface area contributed by atoms with E-state index in [0.717, 1.165) is 10.6 Å². The van der Waals surface area contributed by atoms with Crippen molar-refractivity contribution in [3.05, 3.63) is 51.7 Å². The van der Waals surface area contributed by atoms with Crippen LogP contribution in [0.3, 0.4) is 0 Å². The summed E-state index contributed by atoms with van der Waals surface area (Å²) in [7, 11) is -3.63. The summed E-state index contributed by atoms with van der Waals surface area (Å²) in [5, 5.41) is 5.13. The van der Waals surface area contributed by atoms with Crippen molar-refractivity contribution in [1.82, 2.24) is 9.71 Å². The van der Waals surface area contributed by atoms with Gasteiger partial charge in [-0.1, -0.05) is 13.0 Å². The maximum atomic E-state index is 12.7. The molecular formula is C18H19N3O3S3. The molecule has 0 aliphatic carbocycles. The fourth-order valence-corrected chi connectivity index (χ4v) is 5.14. The number of thiazole rings is 1. The van der Waals surface area contributed by atoms with Crippen LogP contribution in [0.5, 0.6) is 0 Å². The number of amides is 1. The number of thiophene rings is 1. The number of sulfonamides is 1. The van der Waals surface area contributed by atoms with Crippen LogP contribution in [0.1, 0.15) is 27.7 Å². The number of hydrogen-bond donors (Lipinski definition) is 2. The molecule has 0 saturated heterocycles. The number of nitrogens with zero attached hydrogens (tertiary/aromatic N) is 1. The predicted octanol–water partition coefficient (Wildman–Crippen LogP) is 4.04. The Morgan fingerprint density at radius 3 is 2.63 bits per heavy atom. The monoisotopic (exact) mass is 421 g/mol. The third-order valence-corrected chi connectivity index (χ3v) is 7.14. The van der Waals surface area contributed by atoms with Crippen molar-refractivity contribution in [3.8, 4) is 10.6 Å². The van der Waals surface area contributed by atoms with Crippen LogP contribution in [0.2, 0.25) is 0 Å². The van der Waals surface area contributed by atoms with E-state index >= 15 is 0 Å². The van der Waals surface area contributed by atoms with Gasteiger partial charge in [0, 0.05) is 22.4 Å². The maximum absolute atomic E-state index is 12.7. The molecule has 0 fully saturated rings. The van der Waals surface area contributed by atoms with Crippen LogP contribution in [-0.4, -0.2) is 25.9 Å². The third-order valence-electron chi connectivity index (χ3n) is 3.82. The van der Waals surface area contributed by atoms with Gasteiger partial charge in [0.15, 0.2) is 5.13 Å². The van der Waals surface area contributed by atoms with Gasteiger partial charge in [0.1, 0.15) is 0 Å². The zero-order valence-electron chi connectivity index (χ0n) is 15.1. The fourth-order valence-electron chi connectivity index (χ4n) is 2.47. The molecule has 2 N–H and O–H groups in total. The topological polar surface area (TPSA) is 88.2 Å². The van der Waals surface area contributed by atoms with Crippen molar-refractivity contribution in [2.75, 3.05) is 11.9 Å². The molecule has 9 heteroatoms. The average molecular weight is 422 g/mol. The highest BCUT2D eigenvalue weighted by atomic mass is 32.2. The van der Waals surface area contributed by atoms with Crippen LogP contribution in [0.4, 0.5) is 5.13 Å². The molecule has 6 nitrogen and oxygen atoms in total. The van der Waals surface area contributed by atoms with E-state index in [-0.39, 0.29) is 17.3 Å². The number of hydrogen-bond acceptors (Lipinski definition) is 6. The SMILES string of the molecule is CCNS(=O)(=O)c1ccc(C)c(C(=O)Nc2nc(-c3ccc(C)s3)cs2)c1. The number of nitrogens with one attached hydrogen (secondary N) is 2. The van der Waals surface area contributed by atoms with Crippen molar-refractivity contribution in [2.24, 2.45) is 0 Å². The Morgan fingerprint density at radius 1 is 1.19 bits per heavy atom. The second-order valence-electron chi connectivity index (χ2n) is 5.88. The number of aryl methyl sites for hydroxylation is 2. The molecule has 142 valence electrons. The van der Waals surface area contributed by atoms with Gasteiger partial charge < -0.3 is 0 Å². The second-order valence-corrected chi connectivity index (χ2v) is 9.79. The van der Waals surface area contributed by atoms with Gasteiger partial charge in [0.2, 0.25) is 10.0 Å². The van der Waals surface area contributed by atoms with Gasteiger partial charge in [0.25, 0.3) is 5.91 Å². The molecule has 2 aromatic heterocycles. The van der Waals surface area contributed by atoms with Crippen molar-refractivity contribution in [2.45, 2.75) is 25.7 Å². The Balaban J connectivity index is 1.83. The first-order valence-corrected chi connectivity index (χ1v) is 11.4. The fraction of sp³-hybridized carbons (Fsp3) is 0.222. The summed E-state index contributed by atoms with van der Waals surface area (Å²) < 4.78 is 26.8. The second kappa shape index (κ2) is 7.89. The van der Waals surface area contributed by atoms with Gasteiger partial charge in [-0.2, -0.15) is 0 Å². The molecule has 27 heavy (non-hydrogen) atoms. The summed E-state index contributed by atoms with van der Waals surface area (Å²) in [6.45, 7) is 5.77. The summed E-state index contributed by atoms with van der Waals surface area (Å²) in [6, 6.07) is 8.53. The summed E-state index contributed by atoms with van der Waals surface area (Å²) >= 11 is 2.97. The van der Waals surface area contributed by atoms with Gasteiger partial charge >= 0.3 is 0 Å². The van der Waals surface area contributed by atoms with Gasteiger partial charge in [-0.3, -0.25) is 10.1 Å². The molecule has 2 heterocycles. The lowest BCUT2D eigenvalue weighted by atomic mass is 10.1. The van der Waals surface area contributed by atoms with E-state index in [4.69, 9.17) is 0 Å². The van der Waals surface area contributed by atoms with E-state index < -0.39 is 10.0 Å². The molecule has 0 bridgehead atoms. The molecule has 3 rings (SSSR count). The standard InChI is InChI=1S/C18H19N3O3S3/c1-4-19-27(23,24)13-7-5-11(2)14(9-13)17(22)21-18-20-15(10-25-18)16-8-6-12(3)26-16/h5-10,19H,4H2,1-3H3,(H,20,21,22). The van der Waals surface area contributed by atoms with Crippen LogP contribution in [0, 0.1) is 13.8 Å². The lowest BCUT2D eigenvalue weighted by Gasteiger charge is -2.09. The molecule has 3 aromatic rings. The zero-order chi connectivity index (χ0) is 19.6. The van der Waals surface area contributed by atoms with Gasteiger partial charge in [-0.05, 0) is 43.7 Å². The third kappa shape index (κ3) is 4.44. The number of anilines is 1. The van der Waals surface area contributed by atoms with Crippen LogP contribution < -0.4 is 10.0 Å². The molecule has 0 saturated carbocycles. The largest absolute Gasteiger partial charge is 0.298 e. The number of carbonyl (C=O) groups excluding carboxylic acids is 1. The molecule has 0 atom stereocenters. The van der Waals surface area contributed by atoms with E-state index in [2.05, 4.69) is 15.0 Å². The molecule has 0 radical (unpaired) electrons. The zero-order valence-corrected chi connectivity index (χ0v) is 17.5. The lowest BCUT2D eigenvalue weighted by molar-refractivity contribution is 0.102. The maximum Gasteiger partial charge on any atom is 0.257 e. The van der Waals surface area contributed by atoms with Gasteiger partial charge in [0.05, 0.1) is 15.5 Å². The molecule has 0 aliphatic heterocycles. The molecule has 0 unspecified atom stereocenters. The molecule has 0 spiro atoms. The first kappa shape index (κ1) is 19.7. The van der Waals surface area contributed by atoms with Crippen LogP contribution in [0.15, 0.2) is 40.6 Å². The Morgan fingerprint density at radius 2 is 1.96 bits per heavy atom. The summed E-state index contributed by atoms with van der Waals surface area (Å²) in [5.74, 6) is -0.385. The van der Waals surface area contributed by atoms with Crippen molar-refractivity contribution in [3.63, 3.8) is 0 Å². The van der Waals surface area contributed by atoms with Gasteiger partial charge in [-0.25, -0.2) is 18.1 Å². The predicted molar refractivity (Wildman–Crippen MR) is 110 cm³/mol. The van der Waals surface area contributed by atoms with Crippen LogP contribution in [-0.2, 0) is 10.0 Å². The normalized spacial score (nSPS) is 11.5. The first-order valence-electron chi connectivity index (χ1n) is 8.24. The number of aromatic nitrogens is 1. The highest BCUT2D eigenvalue weighted by Crippen LogP contribution is 2.30. The Labute approximate surface area is 166 Å². The highest BCUT2D eigenvalue weighted by Gasteiger charge is 2.18. The molecule has 0 aliphatic rings. The first-order chi connectivity index (χ1) is 12.8. The highest BCUT2D eigenvalue weighted by molar-refractivity contribution is 7.89. The van der Waals surface area contributed by atoms with Crippen molar-refractivity contribution >= 4 is 43.7 Å². The minimum Gasteiger partial charge on any atom is -0.298 e. The smallest absolute Gasteiger partial charge is 0.257 e. The Kier molecular flexibility index (Phi) is 5.75. The van der Waals surface area contributed by atoms with E-state index in [0.29, 0.717) is 16.3 Å². The summed E-state index contributed by atoms with van der Waals surface area (Å²) in [4.78, 5) is 19.4. The Bertz CT molecular complexity index is 1080. The van der Waals surface area contributed by atoms with Crippen molar-refractivity contribution < 1.29 is 13.2 Å².